The second kappa shape index (κ2) is 10.3. The normalized spacial score (nSPS) is 16.0. The number of carboxylic acid groups (broad SMARTS) is 1. The highest BCUT2D eigenvalue weighted by atomic mass is 19.1. The van der Waals surface area contributed by atoms with E-state index in [4.69, 9.17) is 10.2 Å². The molecule has 42 heavy (non-hydrogen) atoms. The van der Waals surface area contributed by atoms with Crippen molar-refractivity contribution in [3.8, 4) is 11.1 Å². The van der Waals surface area contributed by atoms with Crippen molar-refractivity contribution in [3.63, 3.8) is 0 Å². The van der Waals surface area contributed by atoms with Gasteiger partial charge >= 0.3 is 5.97 Å². The molecule has 2 fully saturated rings. The van der Waals surface area contributed by atoms with Crippen LogP contribution in [-0.4, -0.2) is 85.2 Å². The lowest BCUT2D eigenvalue weighted by Crippen LogP contribution is -2.63. The van der Waals surface area contributed by atoms with Crippen LogP contribution < -0.4 is 0 Å². The number of rotatable bonds is 9. The van der Waals surface area contributed by atoms with Crippen LogP contribution >= 0.6 is 0 Å². The standard InChI is InChI=1S/C30H31FN6O5/c1-34(8-9-38)26(40)15-37-23-5-3-4-20(21-11-24-18(10-22(21)31)14-32-35(24)2)28(23)29(33-37)19-12-30(13-19)16-36(17-30)25(39)6-7-27(41)42/h3-5,9-11,14,19H,6-8,12-13,15-17H2,1-2H3,(H,41,42). The van der Waals surface area contributed by atoms with Gasteiger partial charge in [0.2, 0.25) is 11.8 Å². The molecule has 0 unspecified atom stereocenters. The number of carboxylic acids is 1. The van der Waals surface area contributed by atoms with E-state index in [0.29, 0.717) is 41.4 Å². The van der Waals surface area contributed by atoms with Gasteiger partial charge in [0.05, 0.1) is 35.9 Å². The number of nitrogens with zero attached hydrogens (tertiary/aromatic N) is 6. The molecule has 1 aliphatic heterocycles. The number of fused-ring (bicyclic) bond motifs is 2. The molecule has 4 aromatic rings. The Kier molecular flexibility index (Phi) is 6.78. The number of aryl methyl sites for hydroxylation is 1. The monoisotopic (exact) mass is 574 g/mol. The minimum atomic E-state index is -0.990. The summed E-state index contributed by atoms with van der Waals surface area (Å²) in [5.41, 5.74) is 3.29. The fraction of sp³-hybridized carbons (Fsp3) is 0.400. The summed E-state index contributed by atoms with van der Waals surface area (Å²) in [5.74, 6) is -1.76. The fourth-order valence-corrected chi connectivity index (χ4v) is 6.48. The van der Waals surface area contributed by atoms with Crippen molar-refractivity contribution in [2.24, 2.45) is 12.5 Å². The van der Waals surface area contributed by atoms with E-state index in [-0.39, 0.29) is 54.9 Å². The third kappa shape index (κ3) is 4.70. The van der Waals surface area contributed by atoms with Crippen molar-refractivity contribution in [1.82, 2.24) is 29.4 Å². The Morgan fingerprint density at radius 3 is 2.62 bits per heavy atom. The maximum Gasteiger partial charge on any atom is 0.303 e. The fourth-order valence-electron chi connectivity index (χ4n) is 6.48. The molecule has 0 atom stereocenters. The molecule has 11 nitrogen and oxygen atoms in total. The van der Waals surface area contributed by atoms with E-state index in [1.807, 2.05) is 18.2 Å². The second-order valence-electron chi connectivity index (χ2n) is 11.6. The number of aliphatic carboxylic acids is 1. The highest BCUT2D eigenvalue weighted by Crippen LogP contribution is 2.57. The Labute approximate surface area is 240 Å². The van der Waals surface area contributed by atoms with Crippen molar-refractivity contribution in [2.45, 2.75) is 38.1 Å². The van der Waals surface area contributed by atoms with Crippen LogP contribution in [-0.2, 0) is 32.8 Å². The van der Waals surface area contributed by atoms with Gasteiger partial charge in [-0.15, -0.1) is 0 Å². The van der Waals surface area contributed by atoms with Crippen molar-refractivity contribution >= 4 is 45.9 Å². The Bertz CT molecular complexity index is 1750. The van der Waals surface area contributed by atoms with Gasteiger partial charge in [0.15, 0.2) is 0 Å². The maximum absolute atomic E-state index is 15.6. The zero-order valence-corrected chi connectivity index (χ0v) is 23.4. The van der Waals surface area contributed by atoms with Crippen LogP contribution in [0.2, 0.25) is 0 Å². The maximum atomic E-state index is 15.6. The first-order chi connectivity index (χ1) is 20.1. The molecule has 12 heteroatoms. The Hall–Kier alpha value is -4.61. The van der Waals surface area contributed by atoms with Crippen molar-refractivity contribution in [3.05, 3.63) is 48.0 Å². The number of likely N-dealkylation sites (tertiary alicyclic amines) is 1. The predicted octanol–water partition coefficient (Wildman–Crippen LogP) is 2.96. The lowest BCUT2D eigenvalue weighted by atomic mass is 9.56. The zero-order valence-electron chi connectivity index (χ0n) is 23.4. The summed E-state index contributed by atoms with van der Waals surface area (Å²) < 4.78 is 18.9. The molecular formula is C30H31FN6O5. The average Bonchev–Trinajstić information content (AvgIpc) is 3.45. The molecule has 2 amide bonds. The molecule has 6 rings (SSSR count). The van der Waals surface area contributed by atoms with Crippen molar-refractivity contribution in [1.29, 1.82) is 0 Å². The molecule has 1 saturated carbocycles. The lowest BCUT2D eigenvalue weighted by molar-refractivity contribution is -0.153. The van der Waals surface area contributed by atoms with Gasteiger partial charge < -0.3 is 19.7 Å². The third-order valence-corrected chi connectivity index (χ3v) is 8.69. The van der Waals surface area contributed by atoms with Crippen LogP contribution in [0.15, 0.2) is 36.5 Å². The molecule has 218 valence electrons. The highest BCUT2D eigenvalue weighted by molar-refractivity contribution is 6.00. The van der Waals surface area contributed by atoms with E-state index in [1.165, 1.54) is 11.0 Å². The van der Waals surface area contributed by atoms with Crippen LogP contribution in [0.1, 0.15) is 37.3 Å². The van der Waals surface area contributed by atoms with E-state index in [2.05, 4.69) is 5.10 Å². The summed E-state index contributed by atoms with van der Waals surface area (Å²) in [6.07, 6.45) is 3.65. The van der Waals surface area contributed by atoms with E-state index in [1.54, 1.807) is 40.6 Å². The molecule has 0 radical (unpaired) electrons. The van der Waals surface area contributed by atoms with Gasteiger partial charge in [0.25, 0.3) is 0 Å². The SMILES string of the molecule is CN(CC=O)C(=O)Cn1nc(C2CC3(C2)CN(C(=O)CCC(=O)O)C3)c2c(-c3cc4c(cnn4C)cc3F)cccc21. The number of halogens is 1. The molecule has 1 N–H and O–H groups in total. The van der Waals surface area contributed by atoms with E-state index in [9.17, 15) is 19.2 Å². The van der Waals surface area contributed by atoms with Crippen LogP contribution in [0.25, 0.3) is 32.9 Å². The number of carbonyl (C=O) groups is 4. The third-order valence-electron chi connectivity index (χ3n) is 8.69. The van der Waals surface area contributed by atoms with Gasteiger partial charge in [-0.3, -0.25) is 23.7 Å². The Morgan fingerprint density at radius 2 is 1.90 bits per heavy atom. The summed E-state index contributed by atoms with van der Waals surface area (Å²) in [7, 11) is 3.36. The average molecular weight is 575 g/mol. The van der Waals surface area contributed by atoms with Crippen LogP contribution in [0.3, 0.4) is 0 Å². The number of hydrogen-bond acceptors (Lipinski definition) is 6. The lowest BCUT2D eigenvalue weighted by Gasteiger charge is -2.59. The van der Waals surface area contributed by atoms with Crippen molar-refractivity contribution < 1.29 is 28.7 Å². The minimum absolute atomic E-state index is 0.00754. The van der Waals surface area contributed by atoms with Gasteiger partial charge in [-0.25, -0.2) is 4.39 Å². The molecule has 0 bridgehead atoms. The molecule has 2 aromatic carbocycles. The number of likely N-dealkylation sites (N-methyl/N-ethyl adjacent to an activating group) is 1. The van der Waals surface area contributed by atoms with Gasteiger partial charge in [0.1, 0.15) is 18.6 Å². The van der Waals surface area contributed by atoms with Crippen molar-refractivity contribution in [2.75, 3.05) is 26.7 Å². The quantitative estimate of drug-likeness (QED) is 0.304. The van der Waals surface area contributed by atoms with Gasteiger partial charge in [-0.1, -0.05) is 12.1 Å². The molecule has 2 aliphatic rings. The topological polar surface area (TPSA) is 131 Å². The van der Waals surface area contributed by atoms with Crippen LogP contribution in [0, 0.1) is 11.2 Å². The smallest absolute Gasteiger partial charge is 0.303 e. The number of aromatic nitrogens is 4. The van der Waals surface area contributed by atoms with Gasteiger partial charge in [-0.2, -0.15) is 10.2 Å². The second-order valence-corrected chi connectivity index (χ2v) is 11.6. The van der Waals surface area contributed by atoms with Crippen LogP contribution in [0.5, 0.6) is 0 Å². The summed E-state index contributed by atoms with van der Waals surface area (Å²) in [4.78, 5) is 50.1. The summed E-state index contributed by atoms with van der Waals surface area (Å²) in [5, 5.41) is 19.5. The van der Waals surface area contributed by atoms with E-state index < -0.39 is 5.97 Å². The first kappa shape index (κ1) is 27.6. The van der Waals surface area contributed by atoms with Gasteiger partial charge in [-0.05, 0) is 36.6 Å². The van der Waals surface area contributed by atoms with Crippen LogP contribution in [0.4, 0.5) is 4.39 Å². The number of hydrogen-bond donors (Lipinski definition) is 1. The van der Waals surface area contributed by atoms with E-state index in [0.717, 1.165) is 29.4 Å². The first-order valence-electron chi connectivity index (χ1n) is 13.9. The predicted molar refractivity (Wildman–Crippen MR) is 151 cm³/mol. The minimum Gasteiger partial charge on any atom is -0.481 e. The summed E-state index contributed by atoms with van der Waals surface area (Å²) in [6, 6.07) is 8.80. The van der Waals surface area contributed by atoms with E-state index >= 15 is 4.39 Å². The molecule has 3 heterocycles. The molecule has 1 aliphatic carbocycles. The molecular weight excluding hydrogens is 543 g/mol. The summed E-state index contributed by atoms with van der Waals surface area (Å²) in [6.45, 7) is 1.05. The number of aldehydes is 1. The Morgan fingerprint density at radius 1 is 1.14 bits per heavy atom. The molecule has 2 aromatic heterocycles. The largest absolute Gasteiger partial charge is 0.481 e. The summed E-state index contributed by atoms with van der Waals surface area (Å²) >= 11 is 0. The highest BCUT2D eigenvalue weighted by Gasteiger charge is 2.54. The first-order valence-corrected chi connectivity index (χ1v) is 13.9. The zero-order chi connectivity index (χ0) is 29.8. The van der Waals surface area contributed by atoms with Gasteiger partial charge in [0, 0.05) is 61.3 Å². The number of amides is 2. The number of carbonyl (C=O) groups excluding carboxylic acids is 3. The molecule has 1 saturated heterocycles. The Balaban J connectivity index is 1.35. The molecule has 1 spiro atoms. The number of benzene rings is 2.